The van der Waals surface area contributed by atoms with Crippen LogP contribution in [0.5, 0.6) is 5.75 Å². The second-order valence-electron chi connectivity index (χ2n) is 4.70. The molecule has 0 aromatic heterocycles. The molecule has 8 heteroatoms. The SMILES string of the molecule is CC(C)NC(CCOc1cccc([N+](=O)[O-])c1Br)C(=O)O. The molecule has 7 nitrogen and oxygen atoms in total. The summed E-state index contributed by atoms with van der Waals surface area (Å²) in [6.45, 7) is 3.85. The molecule has 0 saturated carbocycles. The number of halogens is 1. The second kappa shape index (κ2) is 7.94. The Morgan fingerprint density at radius 2 is 2.19 bits per heavy atom. The fourth-order valence-electron chi connectivity index (χ4n) is 1.72. The molecule has 0 fully saturated rings. The third-order valence-electron chi connectivity index (χ3n) is 2.64. The Hall–Kier alpha value is -1.67. The van der Waals surface area contributed by atoms with Crippen molar-refractivity contribution in [1.29, 1.82) is 0 Å². The first-order valence-corrected chi connectivity index (χ1v) is 7.16. The lowest BCUT2D eigenvalue weighted by molar-refractivity contribution is -0.385. The Morgan fingerprint density at radius 3 is 2.71 bits per heavy atom. The number of aliphatic carboxylic acids is 1. The number of rotatable bonds is 8. The maximum absolute atomic E-state index is 11.1. The number of benzene rings is 1. The molecule has 0 spiro atoms. The van der Waals surface area contributed by atoms with Crippen molar-refractivity contribution in [2.24, 2.45) is 0 Å². The third kappa shape index (κ3) is 5.31. The van der Waals surface area contributed by atoms with Gasteiger partial charge in [0.15, 0.2) is 0 Å². The average molecular weight is 361 g/mol. The van der Waals surface area contributed by atoms with Gasteiger partial charge in [0.25, 0.3) is 5.69 Å². The van der Waals surface area contributed by atoms with Gasteiger partial charge in [-0.25, -0.2) is 0 Å². The average Bonchev–Trinajstić information content (AvgIpc) is 2.38. The van der Waals surface area contributed by atoms with E-state index in [1.54, 1.807) is 6.07 Å². The molecular formula is C13H17BrN2O5. The number of hydrogen-bond acceptors (Lipinski definition) is 5. The smallest absolute Gasteiger partial charge is 0.320 e. The molecule has 1 rings (SSSR count). The molecule has 0 heterocycles. The summed E-state index contributed by atoms with van der Waals surface area (Å²) in [4.78, 5) is 21.4. The molecule has 0 aliphatic carbocycles. The lowest BCUT2D eigenvalue weighted by Gasteiger charge is -2.17. The van der Waals surface area contributed by atoms with Gasteiger partial charge in [-0.3, -0.25) is 14.9 Å². The summed E-state index contributed by atoms with van der Waals surface area (Å²) in [5.74, 6) is -0.636. The molecule has 0 aliphatic rings. The number of nitrogens with one attached hydrogen (secondary N) is 1. The molecule has 21 heavy (non-hydrogen) atoms. The molecule has 0 bridgehead atoms. The van der Waals surface area contributed by atoms with Crippen molar-refractivity contribution in [3.63, 3.8) is 0 Å². The molecule has 0 aliphatic heterocycles. The van der Waals surface area contributed by atoms with Gasteiger partial charge in [-0.15, -0.1) is 0 Å². The minimum atomic E-state index is -0.953. The molecule has 1 unspecified atom stereocenters. The van der Waals surface area contributed by atoms with E-state index in [0.29, 0.717) is 5.75 Å². The van der Waals surface area contributed by atoms with Crippen LogP contribution in [0.3, 0.4) is 0 Å². The van der Waals surface area contributed by atoms with Crippen molar-refractivity contribution >= 4 is 27.6 Å². The van der Waals surface area contributed by atoms with Gasteiger partial charge < -0.3 is 15.2 Å². The van der Waals surface area contributed by atoms with Crippen molar-refractivity contribution in [1.82, 2.24) is 5.32 Å². The molecule has 2 N–H and O–H groups in total. The molecule has 1 atom stereocenters. The molecule has 1 aromatic rings. The number of carboxylic acids is 1. The zero-order chi connectivity index (χ0) is 16.0. The number of ether oxygens (including phenoxy) is 1. The van der Waals surface area contributed by atoms with Crippen molar-refractivity contribution in [3.05, 3.63) is 32.8 Å². The summed E-state index contributed by atoms with van der Waals surface area (Å²) < 4.78 is 5.68. The third-order valence-corrected chi connectivity index (χ3v) is 3.43. The molecule has 0 amide bonds. The largest absolute Gasteiger partial charge is 0.492 e. The van der Waals surface area contributed by atoms with Crippen LogP contribution in [0.2, 0.25) is 0 Å². The zero-order valence-electron chi connectivity index (χ0n) is 11.7. The molecular weight excluding hydrogens is 344 g/mol. The standard InChI is InChI=1S/C13H17BrN2O5/c1-8(2)15-9(13(17)18)6-7-21-11-5-3-4-10(12(11)14)16(19)20/h3-5,8-9,15H,6-7H2,1-2H3,(H,17,18). The summed E-state index contributed by atoms with van der Waals surface area (Å²) >= 11 is 3.12. The summed E-state index contributed by atoms with van der Waals surface area (Å²) in [7, 11) is 0. The minimum absolute atomic E-state index is 0.0376. The van der Waals surface area contributed by atoms with Crippen LogP contribution in [0.15, 0.2) is 22.7 Å². The maximum atomic E-state index is 11.1. The summed E-state index contributed by atoms with van der Waals surface area (Å²) in [6, 6.07) is 3.78. The fourth-order valence-corrected chi connectivity index (χ4v) is 2.24. The van der Waals surface area contributed by atoms with E-state index in [-0.39, 0.29) is 29.2 Å². The van der Waals surface area contributed by atoms with Crippen LogP contribution in [0.4, 0.5) is 5.69 Å². The van der Waals surface area contributed by atoms with Crippen molar-refractivity contribution in [3.8, 4) is 5.75 Å². The summed E-state index contributed by atoms with van der Waals surface area (Å²) in [5.41, 5.74) is -0.0948. The lowest BCUT2D eigenvalue weighted by Crippen LogP contribution is -2.41. The number of nitrogens with zero attached hydrogens (tertiary/aromatic N) is 1. The Balaban J connectivity index is 2.65. The van der Waals surface area contributed by atoms with Crippen LogP contribution in [-0.2, 0) is 4.79 Å². The van der Waals surface area contributed by atoms with Crippen molar-refractivity contribution in [2.45, 2.75) is 32.4 Å². The Morgan fingerprint density at radius 1 is 1.52 bits per heavy atom. The van der Waals surface area contributed by atoms with Crippen LogP contribution >= 0.6 is 15.9 Å². The molecule has 116 valence electrons. The molecule has 0 saturated heterocycles. The predicted octanol–water partition coefficient (Wildman–Crippen LogP) is 2.58. The molecule has 1 aromatic carbocycles. The first-order valence-electron chi connectivity index (χ1n) is 6.37. The lowest BCUT2D eigenvalue weighted by atomic mass is 10.2. The molecule has 0 radical (unpaired) electrons. The van der Waals surface area contributed by atoms with Crippen LogP contribution in [-0.4, -0.2) is 34.7 Å². The quantitative estimate of drug-likeness (QED) is 0.545. The van der Waals surface area contributed by atoms with Crippen molar-refractivity contribution in [2.75, 3.05) is 6.61 Å². The number of carboxylic acid groups (broad SMARTS) is 1. The monoisotopic (exact) mass is 360 g/mol. The topological polar surface area (TPSA) is 102 Å². The Labute approximate surface area is 130 Å². The highest BCUT2D eigenvalue weighted by atomic mass is 79.9. The van der Waals surface area contributed by atoms with E-state index in [1.807, 2.05) is 13.8 Å². The van der Waals surface area contributed by atoms with Gasteiger partial charge in [0, 0.05) is 18.5 Å². The Bertz CT molecular complexity index is 521. The van der Waals surface area contributed by atoms with E-state index in [2.05, 4.69) is 21.2 Å². The van der Waals surface area contributed by atoms with E-state index >= 15 is 0 Å². The van der Waals surface area contributed by atoms with Crippen LogP contribution in [0.25, 0.3) is 0 Å². The maximum Gasteiger partial charge on any atom is 0.320 e. The van der Waals surface area contributed by atoms with Crippen molar-refractivity contribution < 1.29 is 19.6 Å². The highest BCUT2D eigenvalue weighted by Crippen LogP contribution is 2.33. The fraction of sp³-hybridized carbons (Fsp3) is 0.462. The van der Waals surface area contributed by atoms with Gasteiger partial charge in [-0.2, -0.15) is 0 Å². The highest BCUT2D eigenvalue weighted by Gasteiger charge is 2.19. The van der Waals surface area contributed by atoms with Gasteiger partial charge in [-0.05, 0) is 22.0 Å². The first kappa shape index (κ1) is 17.4. The minimum Gasteiger partial charge on any atom is -0.492 e. The van der Waals surface area contributed by atoms with E-state index in [0.717, 1.165) is 0 Å². The number of carbonyl (C=O) groups is 1. The van der Waals surface area contributed by atoms with Gasteiger partial charge in [-0.1, -0.05) is 19.9 Å². The summed E-state index contributed by atoms with van der Waals surface area (Å²) in [5, 5.41) is 22.8. The number of nitro benzene ring substituents is 1. The van der Waals surface area contributed by atoms with E-state index in [4.69, 9.17) is 9.84 Å². The number of hydrogen-bond donors (Lipinski definition) is 2. The van der Waals surface area contributed by atoms with Crippen LogP contribution < -0.4 is 10.1 Å². The van der Waals surface area contributed by atoms with E-state index < -0.39 is 16.9 Å². The van der Waals surface area contributed by atoms with E-state index in [1.165, 1.54) is 12.1 Å². The predicted molar refractivity (Wildman–Crippen MR) is 80.6 cm³/mol. The first-order chi connectivity index (χ1) is 9.82. The van der Waals surface area contributed by atoms with Gasteiger partial charge in [0.2, 0.25) is 0 Å². The van der Waals surface area contributed by atoms with Crippen LogP contribution in [0.1, 0.15) is 20.3 Å². The highest BCUT2D eigenvalue weighted by molar-refractivity contribution is 9.10. The zero-order valence-corrected chi connectivity index (χ0v) is 13.3. The second-order valence-corrected chi connectivity index (χ2v) is 5.49. The number of nitro groups is 1. The Kier molecular flexibility index (Phi) is 6.57. The van der Waals surface area contributed by atoms with Crippen LogP contribution in [0, 0.1) is 10.1 Å². The normalized spacial score (nSPS) is 12.2. The van der Waals surface area contributed by atoms with E-state index in [9.17, 15) is 14.9 Å². The summed E-state index contributed by atoms with van der Waals surface area (Å²) in [6.07, 6.45) is 0.253. The van der Waals surface area contributed by atoms with Gasteiger partial charge >= 0.3 is 5.97 Å². The van der Waals surface area contributed by atoms with Gasteiger partial charge in [0.1, 0.15) is 16.3 Å². The van der Waals surface area contributed by atoms with Gasteiger partial charge in [0.05, 0.1) is 11.5 Å².